The number of amides is 1. The normalized spacial score (nSPS) is 14.0. The Balaban J connectivity index is 1.91. The zero-order valence-corrected chi connectivity index (χ0v) is 11.0. The summed E-state index contributed by atoms with van der Waals surface area (Å²) in [6, 6.07) is 4.38. The van der Waals surface area contributed by atoms with Gasteiger partial charge in [0, 0.05) is 19.3 Å². The van der Waals surface area contributed by atoms with Gasteiger partial charge in [0.15, 0.2) is 0 Å². The molecule has 1 aromatic heterocycles. The average molecular weight is 275 g/mol. The number of rotatable bonds is 2. The first kappa shape index (κ1) is 12.7. The highest BCUT2D eigenvalue weighted by Crippen LogP contribution is 2.24. The van der Waals surface area contributed by atoms with E-state index in [4.69, 9.17) is 4.74 Å². The van der Waals surface area contributed by atoms with Gasteiger partial charge in [0.2, 0.25) is 0 Å². The Morgan fingerprint density at radius 1 is 1.40 bits per heavy atom. The number of ether oxygens (including phenoxy) is 1. The van der Waals surface area contributed by atoms with Crippen LogP contribution in [0.1, 0.15) is 16.1 Å². The summed E-state index contributed by atoms with van der Waals surface area (Å²) in [7, 11) is 1.43. The van der Waals surface area contributed by atoms with Crippen LogP contribution < -0.4 is 4.74 Å². The smallest absolute Gasteiger partial charge is 0.261 e. The van der Waals surface area contributed by atoms with Gasteiger partial charge in [0.25, 0.3) is 5.91 Å². The van der Waals surface area contributed by atoms with E-state index in [9.17, 15) is 9.18 Å². The predicted octanol–water partition coefficient (Wildman–Crippen LogP) is 1.69. The van der Waals surface area contributed by atoms with Crippen molar-refractivity contribution in [2.75, 3.05) is 13.7 Å². The third kappa shape index (κ3) is 2.03. The van der Waals surface area contributed by atoms with Gasteiger partial charge in [-0.15, -0.1) is 0 Å². The van der Waals surface area contributed by atoms with E-state index in [2.05, 4.69) is 4.98 Å². The molecule has 1 amide bonds. The van der Waals surface area contributed by atoms with Crippen LogP contribution in [-0.2, 0) is 13.1 Å². The van der Waals surface area contributed by atoms with Gasteiger partial charge in [-0.3, -0.25) is 4.79 Å². The van der Waals surface area contributed by atoms with Crippen LogP contribution in [0.4, 0.5) is 4.39 Å². The third-order valence-electron chi connectivity index (χ3n) is 3.46. The molecular weight excluding hydrogens is 261 g/mol. The van der Waals surface area contributed by atoms with Crippen molar-refractivity contribution in [3.8, 4) is 5.75 Å². The van der Waals surface area contributed by atoms with Crippen LogP contribution in [0.25, 0.3) is 0 Å². The van der Waals surface area contributed by atoms with E-state index in [0.717, 1.165) is 5.69 Å². The first-order valence-corrected chi connectivity index (χ1v) is 6.31. The van der Waals surface area contributed by atoms with Gasteiger partial charge >= 0.3 is 0 Å². The zero-order valence-electron chi connectivity index (χ0n) is 11.0. The van der Waals surface area contributed by atoms with Crippen LogP contribution in [-0.4, -0.2) is 34.0 Å². The van der Waals surface area contributed by atoms with Crippen LogP contribution in [0, 0.1) is 5.82 Å². The van der Waals surface area contributed by atoms with Crippen molar-refractivity contribution in [2.45, 2.75) is 13.1 Å². The van der Waals surface area contributed by atoms with Crippen LogP contribution in [0.5, 0.6) is 5.75 Å². The Morgan fingerprint density at radius 3 is 3.05 bits per heavy atom. The van der Waals surface area contributed by atoms with Crippen molar-refractivity contribution < 1.29 is 13.9 Å². The molecule has 5 nitrogen and oxygen atoms in total. The van der Waals surface area contributed by atoms with E-state index >= 15 is 0 Å². The summed E-state index contributed by atoms with van der Waals surface area (Å²) < 4.78 is 21.0. The maximum Gasteiger partial charge on any atom is 0.261 e. The van der Waals surface area contributed by atoms with Gasteiger partial charge in [-0.25, -0.2) is 9.37 Å². The molecule has 2 aromatic rings. The third-order valence-corrected chi connectivity index (χ3v) is 3.46. The molecule has 2 heterocycles. The molecule has 104 valence electrons. The summed E-state index contributed by atoms with van der Waals surface area (Å²) in [6.45, 7) is 1.62. The number of methoxy groups -OCH3 is 1. The van der Waals surface area contributed by atoms with Gasteiger partial charge < -0.3 is 14.2 Å². The van der Waals surface area contributed by atoms with Crippen molar-refractivity contribution >= 4 is 5.91 Å². The molecule has 0 saturated heterocycles. The second kappa shape index (κ2) is 4.96. The van der Waals surface area contributed by atoms with E-state index in [0.29, 0.717) is 19.6 Å². The lowest BCUT2D eigenvalue weighted by atomic mass is 10.1. The summed E-state index contributed by atoms with van der Waals surface area (Å²) in [4.78, 5) is 18.2. The van der Waals surface area contributed by atoms with Crippen molar-refractivity contribution in [3.05, 3.63) is 47.8 Å². The number of carbonyl (C=O) groups excluding carboxylic acids is 1. The molecule has 0 spiro atoms. The van der Waals surface area contributed by atoms with Crippen LogP contribution >= 0.6 is 0 Å². The molecule has 20 heavy (non-hydrogen) atoms. The number of hydrogen-bond acceptors (Lipinski definition) is 3. The molecule has 0 fully saturated rings. The molecule has 1 aliphatic rings. The van der Waals surface area contributed by atoms with Gasteiger partial charge in [0.1, 0.15) is 17.1 Å². The second-order valence-electron chi connectivity index (χ2n) is 4.62. The highest BCUT2D eigenvalue weighted by atomic mass is 19.1. The Morgan fingerprint density at radius 2 is 2.25 bits per heavy atom. The summed E-state index contributed by atoms with van der Waals surface area (Å²) in [5.74, 6) is -0.657. The molecule has 0 bridgehead atoms. The van der Waals surface area contributed by atoms with E-state index in [1.807, 2.05) is 4.57 Å². The van der Waals surface area contributed by atoms with E-state index < -0.39 is 5.82 Å². The van der Waals surface area contributed by atoms with Gasteiger partial charge in [-0.2, -0.15) is 0 Å². The minimum atomic E-state index is -0.562. The lowest BCUT2D eigenvalue weighted by Crippen LogP contribution is -2.38. The molecule has 0 radical (unpaired) electrons. The lowest BCUT2D eigenvalue weighted by Gasteiger charge is -2.28. The number of halogens is 1. The SMILES string of the molecule is COc1cccc(F)c1C(=O)N1CCn2cncc2C1. The minimum Gasteiger partial charge on any atom is -0.496 e. The van der Waals surface area contributed by atoms with E-state index in [1.165, 1.54) is 19.2 Å². The molecule has 0 unspecified atom stereocenters. The van der Waals surface area contributed by atoms with Crippen molar-refractivity contribution in [1.82, 2.24) is 14.5 Å². The minimum absolute atomic E-state index is 0.0111. The average Bonchev–Trinajstić information content (AvgIpc) is 2.93. The topological polar surface area (TPSA) is 47.4 Å². The van der Waals surface area contributed by atoms with Crippen molar-refractivity contribution in [2.24, 2.45) is 0 Å². The Hall–Kier alpha value is -2.37. The molecule has 0 aliphatic carbocycles. The summed E-state index contributed by atoms with van der Waals surface area (Å²) in [5, 5.41) is 0. The highest BCUT2D eigenvalue weighted by Gasteiger charge is 2.26. The molecule has 0 saturated carbocycles. The number of fused-ring (bicyclic) bond motifs is 1. The highest BCUT2D eigenvalue weighted by molar-refractivity contribution is 5.97. The van der Waals surface area contributed by atoms with E-state index in [-0.39, 0.29) is 17.2 Å². The summed E-state index contributed by atoms with van der Waals surface area (Å²) in [5.41, 5.74) is 0.933. The van der Waals surface area contributed by atoms with Crippen molar-refractivity contribution in [3.63, 3.8) is 0 Å². The molecule has 1 aliphatic heterocycles. The Kier molecular flexibility index (Phi) is 3.14. The molecule has 1 aromatic carbocycles. The molecular formula is C14H14FN3O2. The zero-order chi connectivity index (χ0) is 14.1. The first-order chi connectivity index (χ1) is 9.70. The Labute approximate surface area is 115 Å². The maximum atomic E-state index is 13.9. The predicted molar refractivity (Wildman–Crippen MR) is 69.9 cm³/mol. The fourth-order valence-corrected chi connectivity index (χ4v) is 2.40. The van der Waals surface area contributed by atoms with Crippen LogP contribution in [0.3, 0.4) is 0 Å². The maximum absolute atomic E-state index is 13.9. The van der Waals surface area contributed by atoms with Gasteiger partial charge in [0.05, 0.1) is 25.7 Å². The number of aromatic nitrogens is 2. The number of hydrogen-bond donors (Lipinski definition) is 0. The summed E-state index contributed by atoms with van der Waals surface area (Å²) in [6.07, 6.45) is 3.46. The number of nitrogens with zero attached hydrogens (tertiary/aromatic N) is 3. The molecule has 3 rings (SSSR count). The van der Waals surface area contributed by atoms with Gasteiger partial charge in [-0.1, -0.05) is 6.07 Å². The van der Waals surface area contributed by atoms with Gasteiger partial charge in [-0.05, 0) is 12.1 Å². The monoisotopic (exact) mass is 275 g/mol. The largest absolute Gasteiger partial charge is 0.496 e. The number of carbonyl (C=O) groups is 1. The second-order valence-corrected chi connectivity index (χ2v) is 4.62. The Bertz CT molecular complexity index is 654. The standard InChI is InChI=1S/C14H14FN3O2/c1-20-12-4-2-3-11(15)13(12)14(19)17-5-6-18-9-16-7-10(18)8-17/h2-4,7,9H,5-6,8H2,1H3. The van der Waals surface area contributed by atoms with Crippen LogP contribution in [0.15, 0.2) is 30.7 Å². The van der Waals surface area contributed by atoms with E-state index in [1.54, 1.807) is 23.5 Å². The summed E-state index contributed by atoms with van der Waals surface area (Å²) >= 11 is 0. The fourth-order valence-electron chi connectivity index (χ4n) is 2.40. The van der Waals surface area contributed by atoms with Crippen LogP contribution in [0.2, 0.25) is 0 Å². The van der Waals surface area contributed by atoms with Crippen molar-refractivity contribution in [1.29, 1.82) is 0 Å². The fraction of sp³-hybridized carbons (Fsp3) is 0.286. The molecule has 0 atom stereocenters. The quantitative estimate of drug-likeness (QED) is 0.838. The lowest BCUT2D eigenvalue weighted by molar-refractivity contribution is 0.0702. The first-order valence-electron chi connectivity index (χ1n) is 6.31. The molecule has 6 heteroatoms. The molecule has 0 N–H and O–H groups in total. The number of imidazole rings is 1. The number of benzene rings is 1.